The summed E-state index contributed by atoms with van der Waals surface area (Å²) in [5.74, 6) is 0. The van der Waals surface area contributed by atoms with E-state index in [1.807, 2.05) is 11.3 Å². The molecule has 0 N–H and O–H groups in total. The lowest BCUT2D eigenvalue weighted by atomic mass is 9.99. The smallest absolute Gasteiger partial charge is 0.0562 e. The van der Waals surface area contributed by atoms with Crippen LogP contribution in [0, 0.1) is 0 Å². The van der Waals surface area contributed by atoms with Crippen LogP contribution in [0.5, 0.6) is 0 Å². The van der Waals surface area contributed by atoms with E-state index >= 15 is 0 Å². The normalized spacial score (nSPS) is 11.9. The number of para-hydroxylation sites is 2. The van der Waals surface area contributed by atoms with E-state index in [1.165, 1.54) is 97.2 Å². The molecule has 0 aliphatic carbocycles. The highest BCUT2D eigenvalue weighted by atomic mass is 32.1. The Labute approximate surface area is 333 Å². The molecule has 0 bridgehead atoms. The Bertz CT molecular complexity index is 3490. The van der Waals surface area contributed by atoms with Gasteiger partial charge >= 0.3 is 0 Å². The van der Waals surface area contributed by atoms with Gasteiger partial charge in [-0.05, 0) is 94.0 Å². The summed E-state index contributed by atoms with van der Waals surface area (Å²) >= 11 is 1.88. The molecule has 0 saturated carbocycles. The zero-order valence-corrected chi connectivity index (χ0v) is 31.7. The van der Waals surface area contributed by atoms with Crippen molar-refractivity contribution in [2.24, 2.45) is 0 Å². The fraction of sp³-hybridized carbons (Fsp3) is 0. The van der Waals surface area contributed by atoms with Crippen LogP contribution in [0.4, 0.5) is 0 Å². The molecule has 0 spiro atoms. The lowest BCUT2D eigenvalue weighted by molar-refractivity contribution is 1.16. The van der Waals surface area contributed by atoms with Crippen molar-refractivity contribution >= 4 is 75.1 Å². The van der Waals surface area contributed by atoms with Crippen LogP contribution >= 0.6 is 11.3 Å². The SMILES string of the molecule is c1ccc(-c2cccc(-c3ccc(-n4c5ccccc5c5cc6c7ccccc7n(-c7ccc(-c8cccc9c8sc8ccccc89)cc7)c6cc54)cc3)c2)cc1. The fourth-order valence-electron chi connectivity index (χ4n) is 9.06. The molecular weight excluding hydrogens is 709 g/mol. The molecule has 0 radical (unpaired) electrons. The third kappa shape index (κ3) is 5.03. The summed E-state index contributed by atoms with van der Waals surface area (Å²) in [5.41, 5.74) is 14.5. The fourth-order valence-corrected chi connectivity index (χ4v) is 10.3. The third-order valence-electron chi connectivity index (χ3n) is 11.7. The summed E-state index contributed by atoms with van der Waals surface area (Å²) in [7, 11) is 0. The van der Waals surface area contributed by atoms with Crippen molar-refractivity contribution in [3.8, 4) is 44.8 Å². The molecule has 0 saturated heterocycles. The van der Waals surface area contributed by atoms with E-state index in [-0.39, 0.29) is 0 Å². The topological polar surface area (TPSA) is 9.86 Å². The van der Waals surface area contributed by atoms with Crippen molar-refractivity contribution < 1.29 is 0 Å². The third-order valence-corrected chi connectivity index (χ3v) is 13.0. The van der Waals surface area contributed by atoms with E-state index in [2.05, 4.69) is 215 Å². The maximum Gasteiger partial charge on any atom is 0.0562 e. The second-order valence-corrected chi connectivity index (χ2v) is 16.0. The van der Waals surface area contributed by atoms with E-state index < -0.39 is 0 Å². The average Bonchev–Trinajstić information content (AvgIpc) is 3.93. The van der Waals surface area contributed by atoms with E-state index in [4.69, 9.17) is 0 Å². The predicted molar refractivity (Wildman–Crippen MR) is 244 cm³/mol. The first-order valence-corrected chi connectivity index (χ1v) is 20.3. The Morgan fingerprint density at radius 2 is 0.772 bits per heavy atom. The van der Waals surface area contributed by atoms with Gasteiger partial charge < -0.3 is 9.13 Å². The summed E-state index contributed by atoms with van der Waals surface area (Å²) < 4.78 is 7.55. The van der Waals surface area contributed by atoms with E-state index in [0.29, 0.717) is 0 Å². The number of fused-ring (bicyclic) bond motifs is 9. The summed E-state index contributed by atoms with van der Waals surface area (Å²) in [6, 6.07) is 75.6. The van der Waals surface area contributed by atoms with Gasteiger partial charge in [-0.25, -0.2) is 0 Å². The van der Waals surface area contributed by atoms with Gasteiger partial charge in [0.2, 0.25) is 0 Å². The highest BCUT2D eigenvalue weighted by Crippen LogP contribution is 2.42. The van der Waals surface area contributed by atoms with Gasteiger partial charge in [-0.2, -0.15) is 0 Å². The molecule has 3 heteroatoms. The summed E-state index contributed by atoms with van der Waals surface area (Å²) in [6.45, 7) is 0. The van der Waals surface area contributed by atoms with Crippen molar-refractivity contribution in [3.05, 3.63) is 206 Å². The molecule has 266 valence electrons. The zero-order valence-electron chi connectivity index (χ0n) is 30.9. The average molecular weight is 743 g/mol. The predicted octanol–water partition coefficient (Wildman–Crippen LogP) is 15.2. The minimum absolute atomic E-state index is 1.14. The van der Waals surface area contributed by atoms with E-state index in [0.717, 1.165) is 11.4 Å². The molecule has 3 aromatic heterocycles. The van der Waals surface area contributed by atoms with Crippen LogP contribution in [0.1, 0.15) is 0 Å². The lowest BCUT2D eigenvalue weighted by Crippen LogP contribution is -1.96. The van der Waals surface area contributed by atoms with Crippen molar-refractivity contribution in [1.29, 1.82) is 0 Å². The maximum atomic E-state index is 2.44. The molecule has 0 amide bonds. The number of nitrogens with zero attached hydrogens (tertiary/aromatic N) is 2. The van der Waals surface area contributed by atoms with Gasteiger partial charge in [-0.1, -0.05) is 146 Å². The first-order chi connectivity index (χ1) is 28.3. The van der Waals surface area contributed by atoms with E-state index in [9.17, 15) is 0 Å². The molecule has 0 aliphatic heterocycles. The Kier molecular flexibility index (Phi) is 7.13. The van der Waals surface area contributed by atoms with Crippen LogP contribution in [-0.4, -0.2) is 9.13 Å². The number of thiophene rings is 1. The molecule has 0 aliphatic rings. The van der Waals surface area contributed by atoms with Crippen molar-refractivity contribution in [1.82, 2.24) is 9.13 Å². The van der Waals surface area contributed by atoms with Gasteiger partial charge in [0, 0.05) is 53.1 Å². The monoisotopic (exact) mass is 742 g/mol. The molecule has 12 aromatic rings. The molecular formula is C54H34N2S. The minimum atomic E-state index is 1.14. The Morgan fingerprint density at radius 3 is 1.42 bits per heavy atom. The maximum absolute atomic E-state index is 2.44. The molecule has 0 atom stereocenters. The summed E-state index contributed by atoms with van der Waals surface area (Å²) in [4.78, 5) is 0. The van der Waals surface area contributed by atoms with Crippen LogP contribution in [0.15, 0.2) is 206 Å². The van der Waals surface area contributed by atoms with Crippen LogP contribution in [-0.2, 0) is 0 Å². The Balaban J connectivity index is 1.01. The molecule has 12 rings (SSSR count). The highest BCUT2D eigenvalue weighted by Gasteiger charge is 2.19. The van der Waals surface area contributed by atoms with Gasteiger partial charge in [0.05, 0.1) is 22.1 Å². The van der Waals surface area contributed by atoms with Gasteiger partial charge in [0.15, 0.2) is 0 Å². The minimum Gasteiger partial charge on any atom is -0.309 e. The molecule has 9 aromatic carbocycles. The second kappa shape index (κ2) is 12.7. The van der Waals surface area contributed by atoms with E-state index in [1.54, 1.807) is 0 Å². The van der Waals surface area contributed by atoms with Gasteiger partial charge in [-0.15, -0.1) is 11.3 Å². The summed E-state index contributed by atoms with van der Waals surface area (Å²) in [5, 5.41) is 7.68. The number of hydrogen-bond donors (Lipinski definition) is 0. The molecule has 2 nitrogen and oxygen atoms in total. The van der Waals surface area contributed by atoms with Gasteiger partial charge in [0.1, 0.15) is 0 Å². The Morgan fingerprint density at radius 1 is 0.281 bits per heavy atom. The first-order valence-electron chi connectivity index (χ1n) is 19.5. The molecule has 3 heterocycles. The zero-order chi connectivity index (χ0) is 37.5. The van der Waals surface area contributed by atoms with Crippen molar-refractivity contribution in [3.63, 3.8) is 0 Å². The Hall–Kier alpha value is -7.20. The number of benzene rings is 9. The van der Waals surface area contributed by atoms with Crippen molar-refractivity contribution in [2.45, 2.75) is 0 Å². The second-order valence-electron chi connectivity index (χ2n) is 14.9. The van der Waals surface area contributed by atoms with Crippen LogP contribution in [0.25, 0.3) is 109 Å². The van der Waals surface area contributed by atoms with Crippen LogP contribution in [0.2, 0.25) is 0 Å². The number of rotatable bonds is 5. The van der Waals surface area contributed by atoms with Crippen LogP contribution in [0.3, 0.4) is 0 Å². The molecule has 57 heavy (non-hydrogen) atoms. The van der Waals surface area contributed by atoms with Crippen molar-refractivity contribution in [2.75, 3.05) is 0 Å². The van der Waals surface area contributed by atoms with Gasteiger partial charge in [-0.3, -0.25) is 0 Å². The summed E-state index contributed by atoms with van der Waals surface area (Å²) in [6.07, 6.45) is 0. The van der Waals surface area contributed by atoms with Crippen LogP contribution < -0.4 is 0 Å². The lowest BCUT2D eigenvalue weighted by Gasteiger charge is -2.12. The largest absolute Gasteiger partial charge is 0.309 e. The highest BCUT2D eigenvalue weighted by molar-refractivity contribution is 7.26. The van der Waals surface area contributed by atoms with Gasteiger partial charge in [0.25, 0.3) is 0 Å². The molecule has 0 fully saturated rings. The number of aromatic nitrogens is 2. The molecule has 0 unspecified atom stereocenters. The first kappa shape index (κ1) is 32.1. The standard InChI is InChI=1S/C54H34N2S/c1-2-12-35(13-3-1)38-14-10-15-39(32-38)36-24-28-40(29-25-36)55-49-21-7-4-16-43(49)47-33-48-44-17-5-8-22-50(44)56(52(48)34-51(47)55)41-30-26-37(27-31-41)42-19-11-20-46-45-18-6-9-23-53(45)57-54(42)46/h1-34H. The number of hydrogen-bond acceptors (Lipinski definition) is 1. The quantitative estimate of drug-likeness (QED) is 0.166.